The molecule has 0 heterocycles. The fraction of sp³-hybridized carbons (Fsp3) is 0.857. The average Bonchev–Trinajstić information content (AvgIpc) is 2.10. The van der Waals surface area contributed by atoms with Crippen molar-refractivity contribution in [3.63, 3.8) is 0 Å². The van der Waals surface area contributed by atoms with Crippen LogP contribution in [0.1, 0.15) is 6.42 Å². The lowest BCUT2D eigenvalue weighted by Crippen LogP contribution is -2.38. The van der Waals surface area contributed by atoms with E-state index >= 15 is 0 Å². The Hall–Kier alpha value is -0.850. The Morgan fingerprint density at radius 2 is 2.00 bits per heavy atom. The molecule has 0 radical (unpaired) electrons. The van der Waals surface area contributed by atoms with E-state index in [9.17, 15) is 22.4 Å². The molecule has 84 valence electrons. The summed E-state index contributed by atoms with van der Waals surface area (Å²) >= 11 is 0. The van der Waals surface area contributed by atoms with Gasteiger partial charge in [0.2, 0.25) is 0 Å². The molecule has 14 heavy (non-hydrogen) atoms. The number of hydrogen-bond acceptors (Lipinski definition) is 3. The molecular weight excluding hydrogens is 206 g/mol. The number of rotatable bonds is 4. The molecule has 2 atom stereocenters. The summed E-state index contributed by atoms with van der Waals surface area (Å²) in [5.41, 5.74) is 5.06. The van der Waals surface area contributed by atoms with Gasteiger partial charge in [-0.1, -0.05) is 0 Å². The molecule has 0 spiro atoms. The number of methoxy groups -OCH3 is 1. The van der Waals surface area contributed by atoms with E-state index in [2.05, 4.69) is 4.74 Å². The van der Waals surface area contributed by atoms with Gasteiger partial charge < -0.3 is 10.5 Å². The third kappa shape index (κ3) is 3.91. The van der Waals surface area contributed by atoms with Gasteiger partial charge in [0.1, 0.15) is 12.7 Å². The van der Waals surface area contributed by atoms with Crippen LogP contribution in [0.25, 0.3) is 0 Å². The van der Waals surface area contributed by atoms with Gasteiger partial charge in [0.25, 0.3) is 0 Å². The molecule has 0 aliphatic rings. The lowest BCUT2D eigenvalue weighted by molar-refractivity contribution is -0.182. The molecule has 0 saturated carbocycles. The molecular formula is C7H11F4NO2. The number of carbonyl (C=O) groups is 1. The summed E-state index contributed by atoms with van der Waals surface area (Å²) in [6.45, 7) is -1.59. The van der Waals surface area contributed by atoms with Crippen LogP contribution in [-0.2, 0) is 9.53 Å². The first-order chi connectivity index (χ1) is 6.32. The summed E-state index contributed by atoms with van der Waals surface area (Å²) in [7, 11) is 1.00. The third-order valence-corrected chi connectivity index (χ3v) is 1.69. The van der Waals surface area contributed by atoms with Crippen LogP contribution in [0.2, 0.25) is 0 Å². The molecule has 0 amide bonds. The second-order valence-corrected chi connectivity index (χ2v) is 2.76. The zero-order valence-corrected chi connectivity index (χ0v) is 7.47. The molecule has 2 unspecified atom stereocenters. The molecule has 0 aliphatic heterocycles. The summed E-state index contributed by atoms with van der Waals surface area (Å²) in [5.74, 6) is -3.19. The second kappa shape index (κ2) is 5.14. The highest BCUT2D eigenvalue weighted by atomic mass is 19.4. The van der Waals surface area contributed by atoms with Crippen molar-refractivity contribution < 1.29 is 27.1 Å². The van der Waals surface area contributed by atoms with Crippen LogP contribution in [-0.4, -0.2) is 32.0 Å². The van der Waals surface area contributed by atoms with Crippen LogP contribution in [0.4, 0.5) is 17.6 Å². The first kappa shape index (κ1) is 13.2. The van der Waals surface area contributed by atoms with Gasteiger partial charge in [-0.05, 0) is 6.42 Å². The number of nitrogens with two attached hydrogens (primary N) is 1. The van der Waals surface area contributed by atoms with E-state index in [-0.39, 0.29) is 0 Å². The van der Waals surface area contributed by atoms with Crippen molar-refractivity contribution in [3.8, 4) is 0 Å². The Kier molecular flexibility index (Phi) is 4.82. The number of hydrogen-bond donors (Lipinski definition) is 1. The van der Waals surface area contributed by atoms with Crippen molar-refractivity contribution in [1.82, 2.24) is 0 Å². The lowest BCUT2D eigenvalue weighted by Gasteiger charge is -2.19. The molecule has 7 heteroatoms. The predicted molar refractivity (Wildman–Crippen MR) is 40.1 cm³/mol. The van der Waals surface area contributed by atoms with Gasteiger partial charge in [0.05, 0.1) is 13.0 Å². The van der Waals surface area contributed by atoms with Crippen molar-refractivity contribution in [2.75, 3.05) is 13.8 Å². The van der Waals surface area contributed by atoms with Crippen LogP contribution >= 0.6 is 0 Å². The van der Waals surface area contributed by atoms with Gasteiger partial charge in [0.15, 0.2) is 0 Å². The molecule has 0 rings (SSSR count). The van der Waals surface area contributed by atoms with Crippen LogP contribution in [0.5, 0.6) is 0 Å². The van der Waals surface area contributed by atoms with Gasteiger partial charge in [0, 0.05) is 0 Å². The van der Waals surface area contributed by atoms with E-state index in [1.807, 2.05) is 0 Å². The lowest BCUT2D eigenvalue weighted by atomic mass is 10.0. The molecule has 0 bridgehead atoms. The van der Waals surface area contributed by atoms with Gasteiger partial charge in [-0.25, -0.2) is 0 Å². The Labute approximate surface area is 78.2 Å². The largest absolute Gasteiger partial charge is 0.468 e. The summed E-state index contributed by atoms with van der Waals surface area (Å²) in [4.78, 5) is 10.7. The smallest absolute Gasteiger partial charge is 0.394 e. The molecule has 0 aliphatic carbocycles. The zero-order chi connectivity index (χ0) is 11.4. The fourth-order valence-corrected chi connectivity index (χ4v) is 0.838. The number of esters is 1. The maximum Gasteiger partial charge on any atom is 0.394 e. The molecule has 0 saturated heterocycles. The van der Waals surface area contributed by atoms with E-state index in [4.69, 9.17) is 5.73 Å². The number of ether oxygens (including phenoxy) is 1. The van der Waals surface area contributed by atoms with Crippen LogP contribution in [0.3, 0.4) is 0 Å². The maximum atomic E-state index is 12.0. The third-order valence-electron chi connectivity index (χ3n) is 1.69. The Bertz CT molecular complexity index is 195. The molecule has 0 fully saturated rings. The average molecular weight is 217 g/mol. The topological polar surface area (TPSA) is 52.3 Å². The SMILES string of the molecule is COC(=O)C(N)CC(CF)C(F)(F)F. The number of carbonyl (C=O) groups excluding carboxylic acids is 1. The normalized spacial score (nSPS) is 16.1. The summed E-state index contributed by atoms with van der Waals surface area (Å²) < 4.78 is 52.1. The molecule has 0 aromatic rings. The Morgan fingerprint density at radius 3 is 2.29 bits per heavy atom. The van der Waals surface area contributed by atoms with Crippen molar-refractivity contribution in [1.29, 1.82) is 0 Å². The highest BCUT2D eigenvalue weighted by Gasteiger charge is 2.41. The monoisotopic (exact) mass is 217 g/mol. The quantitative estimate of drug-likeness (QED) is 0.565. The summed E-state index contributed by atoms with van der Waals surface area (Å²) in [5, 5.41) is 0. The van der Waals surface area contributed by atoms with E-state index < -0.39 is 37.2 Å². The van der Waals surface area contributed by atoms with Crippen LogP contribution in [0, 0.1) is 5.92 Å². The molecule has 0 aromatic carbocycles. The van der Waals surface area contributed by atoms with Crippen molar-refractivity contribution in [2.45, 2.75) is 18.6 Å². The van der Waals surface area contributed by atoms with Crippen molar-refractivity contribution in [2.24, 2.45) is 11.7 Å². The van der Waals surface area contributed by atoms with Gasteiger partial charge in [-0.3, -0.25) is 9.18 Å². The maximum absolute atomic E-state index is 12.0. The van der Waals surface area contributed by atoms with Crippen LogP contribution < -0.4 is 5.73 Å². The standard InChI is InChI=1S/C7H11F4NO2/c1-14-6(13)5(12)2-4(3-8)7(9,10)11/h4-5H,2-3,12H2,1H3. The highest BCUT2D eigenvalue weighted by molar-refractivity contribution is 5.75. The fourth-order valence-electron chi connectivity index (χ4n) is 0.838. The summed E-state index contributed by atoms with van der Waals surface area (Å²) in [6, 6.07) is -1.44. The minimum absolute atomic E-state index is 0.799. The molecule has 3 nitrogen and oxygen atoms in total. The van der Waals surface area contributed by atoms with Gasteiger partial charge in [-0.2, -0.15) is 13.2 Å². The molecule has 2 N–H and O–H groups in total. The van der Waals surface area contributed by atoms with Crippen LogP contribution in [0.15, 0.2) is 0 Å². The van der Waals surface area contributed by atoms with Gasteiger partial charge >= 0.3 is 12.1 Å². The van der Waals surface area contributed by atoms with E-state index in [1.54, 1.807) is 0 Å². The van der Waals surface area contributed by atoms with E-state index in [0.29, 0.717) is 0 Å². The zero-order valence-electron chi connectivity index (χ0n) is 7.47. The molecule has 0 aromatic heterocycles. The van der Waals surface area contributed by atoms with Crippen molar-refractivity contribution in [3.05, 3.63) is 0 Å². The minimum Gasteiger partial charge on any atom is -0.468 e. The summed E-state index contributed by atoms with van der Waals surface area (Å²) in [6.07, 6.45) is -5.48. The Balaban J connectivity index is 4.26. The minimum atomic E-state index is -4.68. The van der Waals surface area contributed by atoms with E-state index in [0.717, 1.165) is 7.11 Å². The second-order valence-electron chi connectivity index (χ2n) is 2.76. The first-order valence-corrected chi connectivity index (χ1v) is 3.79. The van der Waals surface area contributed by atoms with Crippen molar-refractivity contribution >= 4 is 5.97 Å². The number of alkyl halides is 4. The van der Waals surface area contributed by atoms with E-state index in [1.165, 1.54) is 0 Å². The predicted octanol–water partition coefficient (Wildman–Crippen LogP) is 1.02. The first-order valence-electron chi connectivity index (χ1n) is 3.79. The highest BCUT2D eigenvalue weighted by Crippen LogP contribution is 2.29. The number of halogens is 4. The van der Waals surface area contributed by atoms with Gasteiger partial charge in [-0.15, -0.1) is 0 Å². The Morgan fingerprint density at radius 1 is 1.50 bits per heavy atom.